The molecule has 0 aromatic heterocycles. The Labute approximate surface area is 157 Å². The standard InChI is InChI=1S/C18H20N2O6S/c1-13-6-4-8-15(10-13)19-17(21)12-26-18(22)14-7-5-9-16(11-14)27(23,24)20(2)25-3/h4-11H,12H2,1-3H3,(H,19,21). The van der Waals surface area contributed by atoms with Gasteiger partial charge < -0.3 is 10.1 Å². The van der Waals surface area contributed by atoms with Gasteiger partial charge in [-0.05, 0) is 42.8 Å². The monoisotopic (exact) mass is 392 g/mol. The first kappa shape index (κ1) is 20.6. The molecule has 144 valence electrons. The molecule has 2 aromatic rings. The molecule has 1 amide bonds. The van der Waals surface area contributed by atoms with Gasteiger partial charge in [0.05, 0.1) is 17.6 Å². The average molecular weight is 392 g/mol. The molecule has 2 rings (SSSR count). The van der Waals surface area contributed by atoms with Crippen molar-refractivity contribution in [3.05, 3.63) is 59.7 Å². The molecule has 0 aliphatic heterocycles. The fraction of sp³-hybridized carbons (Fsp3) is 0.222. The van der Waals surface area contributed by atoms with Crippen LogP contribution in [0.4, 0.5) is 5.69 Å². The second-order valence-corrected chi connectivity index (χ2v) is 7.55. The van der Waals surface area contributed by atoms with Crippen molar-refractivity contribution in [3.8, 4) is 0 Å². The number of hydrogen-bond acceptors (Lipinski definition) is 6. The van der Waals surface area contributed by atoms with Crippen LogP contribution in [0.1, 0.15) is 15.9 Å². The van der Waals surface area contributed by atoms with Crippen LogP contribution in [-0.4, -0.2) is 45.5 Å². The van der Waals surface area contributed by atoms with Gasteiger partial charge >= 0.3 is 5.97 Å². The molecule has 0 radical (unpaired) electrons. The number of hydrogen-bond donors (Lipinski definition) is 1. The van der Waals surface area contributed by atoms with E-state index in [0.29, 0.717) is 10.2 Å². The number of carbonyl (C=O) groups excluding carboxylic acids is 2. The Balaban J connectivity index is 2.02. The number of nitrogens with zero attached hydrogens (tertiary/aromatic N) is 1. The predicted octanol–water partition coefficient (Wildman–Crippen LogP) is 1.97. The number of rotatable bonds is 7. The number of nitrogens with one attached hydrogen (secondary N) is 1. The van der Waals surface area contributed by atoms with Crippen LogP contribution in [-0.2, 0) is 24.4 Å². The molecule has 1 N–H and O–H groups in total. The Morgan fingerprint density at radius 3 is 2.48 bits per heavy atom. The smallest absolute Gasteiger partial charge is 0.338 e. The van der Waals surface area contributed by atoms with Gasteiger partial charge in [-0.3, -0.25) is 9.63 Å². The molecule has 9 heteroatoms. The van der Waals surface area contributed by atoms with Crippen molar-refractivity contribution in [2.24, 2.45) is 0 Å². The van der Waals surface area contributed by atoms with E-state index >= 15 is 0 Å². The number of benzene rings is 2. The largest absolute Gasteiger partial charge is 0.452 e. The normalized spacial score (nSPS) is 11.3. The first-order valence-corrected chi connectivity index (χ1v) is 9.35. The summed E-state index contributed by atoms with van der Waals surface area (Å²) in [4.78, 5) is 28.6. The second kappa shape index (κ2) is 8.76. The van der Waals surface area contributed by atoms with Gasteiger partial charge in [0.25, 0.3) is 15.9 Å². The highest BCUT2D eigenvalue weighted by Gasteiger charge is 2.22. The Morgan fingerprint density at radius 1 is 1.11 bits per heavy atom. The highest BCUT2D eigenvalue weighted by atomic mass is 32.2. The summed E-state index contributed by atoms with van der Waals surface area (Å²) in [6.45, 7) is 1.39. The van der Waals surface area contributed by atoms with Crippen LogP contribution in [0.3, 0.4) is 0 Å². The highest BCUT2D eigenvalue weighted by Crippen LogP contribution is 2.16. The molecule has 0 fully saturated rings. The summed E-state index contributed by atoms with van der Waals surface area (Å²) in [7, 11) is -1.45. The first-order chi connectivity index (χ1) is 12.7. The second-order valence-electron chi connectivity index (χ2n) is 5.62. The number of anilines is 1. The van der Waals surface area contributed by atoms with Gasteiger partial charge in [0.15, 0.2) is 6.61 Å². The lowest BCUT2D eigenvalue weighted by Crippen LogP contribution is -2.26. The van der Waals surface area contributed by atoms with E-state index in [0.717, 1.165) is 11.6 Å². The van der Waals surface area contributed by atoms with Gasteiger partial charge in [-0.15, -0.1) is 0 Å². The summed E-state index contributed by atoms with van der Waals surface area (Å²) in [5, 5.41) is 2.61. The Hall–Kier alpha value is -2.75. The molecule has 8 nitrogen and oxygen atoms in total. The van der Waals surface area contributed by atoms with Crippen LogP contribution in [0.15, 0.2) is 53.4 Å². The van der Waals surface area contributed by atoms with Gasteiger partial charge in [0, 0.05) is 12.7 Å². The summed E-state index contributed by atoms with van der Waals surface area (Å²) in [5.41, 5.74) is 1.57. The van der Waals surface area contributed by atoms with E-state index in [4.69, 9.17) is 4.74 Å². The summed E-state index contributed by atoms with van der Waals surface area (Å²) in [6, 6.07) is 12.5. The number of ether oxygens (including phenoxy) is 1. The predicted molar refractivity (Wildman–Crippen MR) is 98.5 cm³/mol. The van der Waals surface area contributed by atoms with E-state index in [1.807, 2.05) is 13.0 Å². The Kier molecular flexibility index (Phi) is 6.67. The zero-order valence-corrected chi connectivity index (χ0v) is 15.9. The molecule has 0 spiro atoms. The lowest BCUT2D eigenvalue weighted by atomic mass is 10.2. The van der Waals surface area contributed by atoms with E-state index < -0.39 is 28.5 Å². The summed E-state index contributed by atoms with van der Waals surface area (Å²) < 4.78 is 30.1. The zero-order valence-electron chi connectivity index (χ0n) is 15.1. The van der Waals surface area contributed by atoms with Crippen molar-refractivity contribution in [2.45, 2.75) is 11.8 Å². The third-order valence-corrected chi connectivity index (χ3v) is 5.28. The molecule has 0 bridgehead atoms. The fourth-order valence-electron chi connectivity index (χ4n) is 2.16. The van der Waals surface area contributed by atoms with Gasteiger partial charge in [-0.1, -0.05) is 22.7 Å². The van der Waals surface area contributed by atoms with E-state index in [2.05, 4.69) is 10.2 Å². The molecule has 27 heavy (non-hydrogen) atoms. The number of esters is 1. The van der Waals surface area contributed by atoms with Crippen LogP contribution in [0.2, 0.25) is 0 Å². The van der Waals surface area contributed by atoms with Crippen molar-refractivity contribution >= 4 is 27.6 Å². The Bertz CT molecular complexity index is 942. The van der Waals surface area contributed by atoms with E-state index in [9.17, 15) is 18.0 Å². The molecule has 0 heterocycles. The molecule has 0 aliphatic rings. The number of carbonyl (C=O) groups is 2. The van der Waals surface area contributed by atoms with Gasteiger partial charge in [-0.2, -0.15) is 0 Å². The highest BCUT2D eigenvalue weighted by molar-refractivity contribution is 7.89. The maximum Gasteiger partial charge on any atom is 0.338 e. The number of amides is 1. The quantitative estimate of drug-likeness (QED) is 0.571. The number of aryl methyl sites for hydroxylation is 1. The molecule has 0 atom stereocenters. The van der Waals surface area contributed by atoms with Crippen LogP contribution < -0.4 is 5.32 Å². The maximum atomic E-state index is 12.2. The molecule has 0 saturated carbocycles. The van der Waals surface area contributed by atoms with Crippen molar-refractivity contribution < 1.29 is 27.6 Å². The third kappa shape index (κ3) is 5.36. The van der Waals surface area contributed by atoms with E-state index in [-0.39, 0.29) is 10.5 Å². The van der Waals surface area contributed by atoms with E-state index in [1.165, 1.54) is 32.4 Å². The van der Waals surface area contributed by atoms with Crippen molar-refractivity contribution in [2.75, 3.05) is 26.1 Å². The summed E-state index contributed by atoms with van der Waals surface area (Å²) >= 11 is 0. The SMILES string of the molecule is CON(C)S(=O)(=O)c1cccc(C(=O)OCC(=O)Nc2cccc(C)c2)c1. The van der Waals surface area contributed by atoms with Crippen LogP contribution in [0, 0.1) is 6.92 Å². The maximum absolute atomic E-state index is 12.2. The molecular weight excluding hydrogens is 372 g/mol. The van der Waals surface area contributed by atoms with Gasteiger partial charge in [-0.25, -0.2) is 13.2 Å². The number of hydroxylamine groups is 1. The first-order valence-electron chi connectivity index (χ1n) is 7.91. The minimum Gasteiger partial charge on any atom is -0.452 e. The minimum absolute atomic E-state index is 0.00364. The Morgan fingerprint density at radius 2 is 1.81 bits per heavy atom. The van der Waals surface area contributed by atoms with Crippen molar-refractivity contribution in [1.82, 2.24) is 4.47 Å². The fourth-order valence-corrected chi connectivity index (χ4v) is 3.18. The molecule has 0 unspecified atom stereocenters. The van der Waals surface area contributed by atoms with E-state index in [1.54, 1.807) is 18.2 Å². The minimum atomic E-state index is -3.90. The van der Waals surface area contributed by atoms with Gasteiger partial charge in [0.2, 0.25) is 0 Å². The van der Waals surface area contributed by atoms with Gasteiger partial charge in [0.1, 0.15) is 0 Å². The van der Waals surface area contributed by atoms with Crippen LogP contribution >= 0.6 is 0 Å². The molecule has 0 aliphatic carbocycles. The zero-order chi connectivity index (χ0) is 20.0. The number of sulfonamides is 1. The van der Waals surface area contributed by atoms with Crippen LogP contribution in [0.5, 0.6) is 0 Å². The summed E-state index contributed by atoms with van der Waals surface area (Å²) in [6.07, 6.45) is 0. The topological polar surface area (TPSA) is 102 Å². The molecule has 0 saturated heterocycles. The van der Waals surface area contributed by atoms with Crippen molar-refractivity contribution in [3.63, 3.8) is 0 Å². The molecule has 2 aromatic carbocycles. The lowest BCUT2D eigenvalue weighted by molar-refractivity contribution is -0.119. The van der Waals surface area contributed by atoms with Crippen LogP contribution in [0.25, 0.3) is 0 Å². The third-order valence-electron chi connectivity index (χ3n) is 3.60. The molecular formula is C18H20N2O6S. The lowest BCUT2D eigenvalue weighted by Gasteiger charge is -2.14. The average Bonchev–Trinajstić information content (AvgIpc) is 2.65. The van der Waals surface area contributed by atoms with Crippen molar-refractivity contribution in [1.29, 1.82) is 0 Å². The summed E-state index contributed by atoms with van der Waals surface area (Å²) in [5.74, 6) is -1.32.